The summed E-state index contributed by atoms with van der Waals surface area (Å²) in [7, 11) is -0.548. The molecular formula is C16H36Si4. The summed E-state index contributed by atoms with van der Waals surface area (Å²) >= 11 is 0. The summed E-state index contributed by atoms with van der Waals surface area (Å²) in [4.78, 5) is 0. The van der Waals surface area contributed by atoms with E-state index in [-0.39, 0.29) is 31.3 Å². The fraction of sp³-hybridized carbons (Fsp3) is 1.00. The molecule has 0 aliphatic carbocycles. The van der Waals surface area contributed by atoms with Crippen LogP contribution < -0.4 is 0 Å². The second kappa shape index (κ2) is 5.20. The Hall–Kier alpha value is 0.868. The molecule has 4 heteroatoms. The minimum atomic E-state index is -0.137. The van der Waals surface area contributed by atoms with Crippen molar-refractivity contribution in [3.8, 4) is 0 Å². The van der Waals surface area contributed by atoms with Crippen LogP contribution >= 0.6 is 0 Å². The lowest BCUT2D eigenvalue weighted by Gasteiger charge is -2.66. The quantitative estimate of drug-likeness (QED) is 0.511. The van der Waals surface area contributed by atoms with Crippen molar-refractivity contribution < 1.29 is 0 Å². The van der Waals surface area contributed by atoms with Gasteiger partial charge < -0.3 is 0 Å². The van der Waals surface area contributed by atoms with E-state index >= 15 is 0 Å². The molecule has 20 heavy (non-hydrogen) atoms. The van der Waals surface area contributed by atoms with Gasteiger partial charge in [0, 0.05) is 31.3 Å². The van der Waals surface area contributed by atoms with Crippen molar-refractivity contribution >= 4 is 31.3 Å². The van der Waals surface area contributed by atoms with Crippen LogP contribution in [0, 0.1) is 0 Å². The molecule has 0 aromatic rings. The minimum Gasteiger partial charge on any atom is -0.0633 e. The fourth-order valence-corrected chi connectivity index (χ4v) is 82.7. The molecular weight excluding hydrogens is 305 g/mol. The van der Waals surface area contributed by atoms with Gasteiger partial charge in [0.15, 0.2) is 0 Å². The molecule has 0 aromatic heterocycles. The van der Waals surface area contributed by atoms with Crippen molar-refractivity contribution in [2.45, 2.75) is 103 Å². The molecule has 4 radical (unpaired) electrons. The van der Waals surface area contributed by atoms with E-state index in [1.54, 1.807) is 0 Å². The van der Waals surface area contributed by atoms with Crippen LogP contribution in [-0.2, 0) is 0 Å². The van der Waals surface area contributed by atoms with Gasteiger partial charge in [-0.05, 0) is 20.2 Å². The standard InChI is InChI=1S/C16H36Si4/c1-13(2,3)17-18(14(4,5)6)20(16(10,11)12)19(17)15(7,8)9/h1-12H3. The molecule has 0 atom stereocenters. The van der Waals surface area contributed by atoms with Crippen LogP contribution in [0.15, 0.2) is 0 Å². The van der Waals surface area contributed by atoms with E-state index in [4.69, 9.17) is 0 Å². The van der Waals surface area contributed by atoms with Gasteiger partial charge in [-0.2, -0.15) is 0 Å². The second-order valence-corrected chi connectivity index (χ2v) is 37.5. The smallest absolute Gasteiger partial charge is 0.0302 e. The zero-order chi connectivity index (χ0) is 16.3. The maximum Gasteiger partial charge on any atom is 0.0302 e. The third-order valence-corrected chi connectivity index (χ3v) is 63.0. The van der Waals surface area contributed by atoms with Crippen molar-refractivity contribution in [1.29, 1.82) is 0 Å². The highest BCUT2D eigenvalue weighted by atomic mass is 30.1. The van der Waals surface area contributed by atoms with Gasteiger partial charge in [-0.25, -0.2) is 0 Å². The predicted octanol–water partition coefficient (Wildman–Crippen LogP) is 5.49. The van der Waals surface area contributed by atoms with Gasteiger partial charge in [-0.3, -0.25) is 0 Å². The SMILES string of the molecule is CC(C)(C)[Si]1[Si](C(C)(C)C)[Si](C(C)(C)C)[Si]1C(C)(C)C. The van der Waals surface area contributed by atoms with Crippen molar-refractivity contribution in [2.24, 2.45) is 0 Å². The third kappa shape index (κ3) is 3.61. The molecule has 116 valence electrons. The van der Waals surface area contributed by atoms with Crippen LogP contribution in [0.4, 0.5) is 0 Å². The molecule has 0 aromatic carbocycles. The van der Waals surface area contributed by atoms with Crippen LogP contribution in [0.2, 0.25) is 20.2 Å². The fourth-order valence-electron chi connectivity index (χ4n) is 3.44. The molecule has 0 amide bonds. The van der Waals surface area contributed by atoms with Crippen LogP contribution in [0.25, 0.3) is 0 Å². The van der Waals surface area contributed by atoms with E-state index in [1.165, 1.54) is 0 Å². The van der Waals surface area contributed by atoms with E-state index in [1.807, 2.05) is 0 Å². The van der Waals surface area contributed by atoms with Crippen LogP contribution in [0.1, 0.15) is 83.1 Å². The highest BCUT2D eigenvalue weighted by molar-refractivity contribution is 7.97. The number of hydrogen-bond acceptors (Lipinski definition) is 0. The molecule has 0 unspecified atom stereocenters. The van der Waals surface area contributed by atoms with Gasteiger partial charge in [0.05, 0.1) is 0 Å². The third-order valence-electron chi connectivity index (χ3n) is 4.00. The zero-order valence-corrected chi connectivity index (χ0v) is 20.0. The first-order valence-electron chi connectivity index (χ1n) is 8.00. The van der Waals surface area contributed by atoms with Crippen LogP contribution in [0.5, 0.6) is 0 Å². The summed E-state index contributed by atoms with van der Waals surface area (Å²) in [5.74, 6) is 0. The van der Waals surface area contributed by atoms with Gasteiger partial charge in [-0.15, -0.1) is 0 Å². The van der Waals surface area contributed by atoms with E-state index < -0.39 is 0 Å². The Morgan fingerprint density at radius 2 is 0.400 bits per heavy atom. The monoisotopic (exact) mass is 340 g/mol. The molecule has 1 saturated heterocycles. The van der Waals surface area contributed by atoms with Crippen molar-refractivity contribution in [2.75, 3.05) is 0 Å². The summed E-state index contributed by atoms with van der Waals surface area (Å²) in [6, 6.07) is 0. The van der Waals surface area contributed by atoms with Crippen LogP contribution in [-0.4, -0.2) is 31.3 Å². The predicted molar refractivity (Wildman–Crippen MR) is 102 cm³/mol. The van der Waals surface area contributed by atoms with Crippen LogP contribution in [0.3, 0.4) is 0 Å². The number of rotatable bonds is 0. The molecule has 0 nitrogen and oxygen atoms in total. The van der Waals surface area contributed by atoms with Gasteiger partial charge >= 0.3 is 0 Å². The normalized spacial score (nSPS) is 22.2. The molecule has 0 saturated carbocycles. The van der Waals surface area contributed by atoms with Gasteiger partial charge in [-0.1, -0.05) is 83.1 Å². The highest BCUT2D eigenvalue weighted by Crippen LogP contribution is 2.56. The van der Waals surface area contributed by atoms with Crippen molar-refractivity contribution in [1.82, 2.24) is 0 Å². The Bertz CT molecular complexity index is 269. The molecule has 1 fully saturated rings. The Balaban J connectivity index is 3.33. The van der Waals surface area contributed by atoms with E-state index in [2.05, 4.69) is 83.1 Å². The Morgan fingerprint density at radius 3 is 0.450 bits per heavy atom. The molecule has 1 aliphatic heterocycles. The summed E-state index contributed by atoms with van der Waals surface area (Å²) in [5, 5.41) is 2.47. The maximum absolute atomic E-state index is 2.56. The Morgan fingerprint density at radius 1 is 0.300 bits per heavy atom. The van der Waals surface area contributed by atoms with Gasteiger partial charge in [0.2, 0.25) is 0 Å². The summed E-state index contributed by atoms with van der Waals surface area (Å²) in [5.41, 5.74) is 0. The molecule has 0 spiro atoms. The maximum atomic E-state index is 2.56. The number of hydrogen-bond donors (Lipinski definition) is 0. The first-order valence-corrected chi connectivity index (χ1v) is 18.0. The summed E-state index contributed by atoms with van der Waals surface area (Å²) in [6.07, 6.45) is 0. The highest BCUT2D eigenvalue weighted by Gasteiger charge is 2.67. The molecule has 1 aliphatic rings. The average Bonchev–Trinajstić information content (AvgIpc) is 1.86. The second-order valence-electron chi connectivity index (χ2n) is 10.5. The molecule has 1 rings (SSSR count). The van der Waals surface area contributed by atoms with Crippen molar-refractivity contribution in [3.05, 3.63) is 0 Å². The lowest BCUT2D eigenvalue weighted by molar-refractivity contribution is 0.702. The lowest BCUT2D eigenvalue weighted by atomic mass is 10.2. The molecule has 0 bridgehead atoms. The Labute approximate surface area is 134 Å². The molecule has 0 N–H and O–H groups in total. The topological polar surface area (TPSA) is 0 Å². The first-order chi connectivity index (χ1) is 8.49. The molecule has 1 heterocycles. The van der Waals surface area contributed by atoms with Crippen molar-refractivity contribution in [3.63, 3.8) is 0 Å². The average molecular weight is 341 g/mol. The van der Waals surface area contributed by atoms with E-state index in [0.717, 1.165) is 0 Å². The summed E-state index contributed by atoms with van der Waals surface area (Å²) in [6.45, 7) is 30.8. The Kier molecular flexibility index (Phi) is 4.92. The first kappa shape index (κ1) is 18.9. The lowest BCUT2D eigenvalue weighted by Crippen LogP contribution is -2.86. The zero-order valence-electron chi connectivity index (χ0n) is 16.0. The van der Waals surface area contributed by atoms with E-state index in [9.17, 15) is 0 Å². The summed E-state index contributed by atoms with van der Waals surface area (Å²) < 4.78 is 0. The van der Waals surface area contributed by atoms with E-state index in [0.29, 0.717) is 20.2 Å². The minimum absolute atomic E-state index is 0.137. The van der Waals surface area contributed by atoms with Gasteiger partial charge in [0.1, 0.15) is 0 Å². The van der Waals surface area contributed by atoms with Gasteiger partial charge in [0.25, 0.3) is 0 Å². The largest absolute Gasteiger partial charge is 0.0633 e.